The molecule has 0 spiro atoms. The number of aromatic nitrogens is 4. The number of carbonyl (C=O) groups is 2. The number of amides is 1. The maximum Gasteiger partial charge on any atom is 0.356 e. The van der Waals surface area contributed by atoms with Gasteiger partial charge in [-0.3, -0.25) is 9.69 Å². The van der Waals surface area contributed by atoms with Crippen molar-refractivity contribution in [2.24, 2.45) is 5.92 Å². The van der Waals surface area contributed by atoms with E-state index < -0.39 is 11.9 Å². The quantitative estimate of drug-likeness (QED) is 0.428. The Bertz CT molecular complexity index is 674. The van der Waals surface area contributed by atoms with Crippen LogP contribution in [-0.2, 0) is 14.3 Å². The summed E-state index contributed by atoms with van der Waals surface area (Å²) in [5, 5.41) is 20.0. The number of β-lactam (4-membered cyclic amide) rings is 1. The van der Waals surface area contributed by atoms with Gasteiger partial charge in [-0.25, -0.2) is 9.48 Å². The molecule has 1 aromatic rings. The second kappa shape index (κ2) is 6.13. The molecule has 0 aromatic carbocycles. The van der Waals surface area contributed by atoms with E-state index in [0.717, 1.165) is 0 Å². The molecule has 0 saturated carbocycles. The van der Waals surface area contributed by atoms with Crippen molar-refractivity contribution >= 4 is 23.6 Å². The smallest absolute Gasteiger partial charge is 0.356 e. The Morgan fingerprint density at radius 2 is 2.43 bits per heavy atom. The van der Waals surface area contributed by atoms with Gasteiger partial charge in [0.05, 0.1) is 18.6 Å². The zero-order valence-electron chi connectivity index (χ0n) is 12.3. The zero-order chi connectivity index (χ0) is 16.6. The van der Waals surface area contributed by atoms with Gasteiger partial charge in [0.15, 0.2) is 0 Å². The van der Waals surface area contributed by atoms with E-state index in [2.05, 4.69) is 22.1 Å². The third kappa shape index (κ3) is 2.43. The molecular weight excluding hydrogens is 322 g/mol. The van der Waals surface area contributed by atoms with Crippen molar-refractivity contribution in [3.05, 3.63) is 29.6 Å². The molecule has 1 fully saturated rings. The average molecular weight is 337 g/mol. The van der Waals surface area contributed by atoms with E-state index in [4.69, 9.17) is 4.74 Å². The molecule has 3 rings (SSSR count). The van der Waals surface area contributed by atoms with E-state index >= 15 is 0 Å². The molecule has 3 heterocycles. The monoisotopic (exact) mass is 337 g/mol. The molecule has 10 heteroatoms. The summed E-state index contributed by atoms with van der Waals surface area (Å²) in [5.74, 6) is -1.39. The number of thioether (sulfide) groups is 1. The maximum absolute atomic E-state index is 12.4. The van der Waals surface area contributed by atoms with E-state index in [1.807, 2.05) is 6.92 Å². The van der Waals surface area contributed by atoms with E-state index in [1.54, 1.807) is 0 Å². The van der Waals surface area contributed by atoms with Crippen LogP contribution in [0.1, 0.15) is 13.0 Å². The third-order valence-electron chi connectivity index (χ3n) is 3.74. The van der Waals surface area contributed by atoms with Gasteiger partial charge in [-0.05, 0) is 17.4 Å². The van der Waals surface area contributed by atoms with Crippen LogP contribution in [0, 0.1) is 5.92 Å². The molecule has 122 valence electrons. The van der Waals surface area contributed by atoms with Crippen LogP contribution in [0.5, 0.6) is 0 Å². The number of aliphatic hydroxyl groups excluding tert-OH is 1. The zero-order valence-corrected chi connectivity index (χ0v) is 13.1. The summed E-state index contributed by atoms with van der Waals surface area (Å²) in [6.07, 6.45) is 2.89. The van der Waals surface area contributed by atoms with E-state index in [1.165, 1.54) is 33.7 Å². The number of carbonyl (C=O) groups excluding carboxylic acids is 2. The van der Waals surface area contributed by atoms with Crippen molar-refractivity contribution in [3.63, 3.8) is 0 Å². The highest BCUT2D eigenvalue weighted by atomic mass is 32.2. The fourth-order valence-corrected chi connectivity index (χ4v) is 4.07. The van der Waals surface area contributed by atoms with Crippen LogP contribution >= 0.6 is 11.8 Å². The standard InChI is InChI=1S/C13H15N5O4S/c1-3-4-22-13(21)9-10(7(2)17-6-14-15-16-17)23-12-8(5-19)11(20)18(9)12/h3,6-8,12,19H,1,4-5H2,2H3/t7?,8-,12+/m0/s1. The van der Waals surface area contributed by atoms with Crippen molar-refractivity contribution in [2.75, 3.05) is 13.2 Å². The van der Waals surface area contributed by atoms with Crippen LogP contribution in [0.3, 0.4) is 0 Å². The van der Waals surface area contributed by atoms with E-state index in [0.29, 0.717) is 4.91 Å². The average Bonchev–Trinajstić information content (AvgIpc) is 3.18. The summed E-state index contributed by atoms with van der Waals surface area (Å²) in [7, 11) is 0. The third-order valence-corrected chi connectivity index (χ3v) is 5.31. The minimum atomic E-state index is -0.598. The van der Waals surface area contributed by atoms with Crippen molar-refractivity contribution in [2.45, 2.75) is 18.3 Å². The first kappa shape index (κ1) is 15.7. The van der Waals surface area contributed by atoms with Gasteiger partial charge in [0.1, 0.15) is 24.0 Å². The molecule has 2 aliphatic heterocycles. The van der Waals surface area contributed by atoms with Crippen LogP contribution in [0.4, 0.5) is 0 Å². The molecule has 1 unspecified atom stereocenters. The SMILES string of the molecule is C=CCOC(=O)C1=C(C(C)n2cnnn2)S[C@@H]2[C@@H](CO)C(=O)N12. The van der Waals surface area contributed by atoms with Crippen LogP contribution in [0.15, 0.2) is 29.6 Å². The fraction of sp³-hybridized carbons (Fsp3) is 0.462. The van der Waals surface area contributed by atoms with Crippen molar-refractivity contribution in [3.8, 4) is 0 Å². The molecule has 2 aliphatic rings. The van der Waals surface area contributed by atoms with Gasteiger partial charge in [-0.15, -0.1) is 5.10 Å². The molecule has 0 bridgehead atoms. The number of tetrazole rings is 1. The lowest BCUT2D eigenvalue weighted by Gasteiger charge is -2.41. The van der Waals surface area contributed by atoms with E-state index in [-0.39, 0.29) is 36.2 Å². The van der Waals surface area contributed by atoms with Gasteiger partial charge in [-0.2, -0.15) is 0 Å². The molecule has 1 amide bonds. The minimum Gasteiger partial charge on any atom is -0.457 e. The number of ether oxygens (including phenoxy) is 1. The highest BCUT2D eigenvalue weighted by Crippen LogP contribution is 2.52. The lowest BCUT2D eigenvalue weighted by Crippen LogP contribution is -2.58. The fourth-order valence-electron chi connectivity index (χ4n) is 2.53. The van der Waals surface area contributed by atoms with Crippen LogP contribution in [0.2, 0.25) is 0 Å². The molecular formula is C13H15N5O4S. The lowest BCUT2D eigenvalue weighted by atomic mass is 9.98. The number of fused-ring (bicyclic) bond motifs is 1. The van der Waals surface area contributed by atoms with Crippen molar-refractivity contribution < 1.29 is 19.4 Å². The number of hydrogen-bond acceptors (Lipinski definition) is 8. The van der Waals surface area contributed by atoms with Crippen molar-refractivity contribution in [1.29, 1.82) is 0 Å². The van der Waals surface area contributed by atoms with Gasteiger partial charge in [0.2, 0.25) is 5.91 Å². The van der Waals surface area contributed by atoms with Gasteiger partial charge < -0.3 is 9.84 Å². The largest absolute Gasteiger partial charge is 0.457 e. The topological polar surface area (TPSA) is 110 Å². The first-order valence-electron chi connectivity index (χ1n) is 6.95. The lowest BCUT2D eigenvalue weighted by molar-refractivity contribution is -0.155. The number of aliphatic hydroxyl groups is 1. The highest BCUT2D eigenvalue weighted by Gasteiger charge is 2.56. The predicted molar refractivity (Wildman–Crippen MR) is 79.5 cm³/mol. The Morgan fingerprint density at radius 1 is 1.65 bits per heavy atom. The van der Waals surface area contributed by atoms with Gasteiger partial charge >= 0.3 is 5.97 Å². The molecule has 1 saturated heterocycles. The van der Waals surface area contributed by atoms with Crippen molar-refractivity contribution in [1.82, 2.24) is 25.1 Å². The predicted octanol–water partition coefficient (Wildman–Crippen LogP) is -0.302. The molecule has 3 atom stereocenters. The van der Waals surface area contributed by atoms with Gasteiger partial charge in [0.25, 0.3) is 0 Å². The van der Waals surface area contributed by atoms with Crippen LogP contribution in [-0.4, -0.2) is 60.7 Å². The van der Waals surface area contributed by atoms with Crippen LogP contribution in [0.25, 0.3) is 0 Å². The Morgan fingerprint density at radius 3 is 3.04 bits per heavy atom. The molecule has 9 nitrogen and oxygen atoms in total. The number of nitrogens with zero attached hydrogens (tertiary/aromatic N) is 5. The Kier molecular flexibility index (Phi) is 4.18. The molecule has 1 N–H and O–H groups in total. The summed E-state index contributed by atoms with van der Waals surface area (Å²) in [6, 6.07) is -0.334. The molecule has 23 heavy (non-hydrogen) atoms. The Hall–Kier alpha value is -2.20. The second-order valence-electron chi connectivity index (χ2n) is 5.07. The molecule has 1 aromatic heterocycles. The Balaban J connectivity index is 1.94. The number of rotatable bonds is 6. The number of hydrogen-bond donors (Lipinski definition) is 1. The van der Waals surface area contributed by atoms with E-state index in [9.17, 15) is 14.7 Å². The van der Waals surface area contributed by atoms with Gasteiger partial charge in [0, 0.05) is 4.91 Å². The molecule has 0 aliphatic carbocycles. The maximum atomic E-state index is 12.4. The summed E-state index contributed by atoms with van der Waals surface area (Å²) in [6.45, 7) is 5.12. The summed E-state index contributed by atoms with van der Waals surface area (Å²) < 4.78 is 6.59. The number of esters is 1. The highest BCUT2D eigenvalue weighted by molar-refractivity contribution is 8.04. The first-order chi connectivity index (χ1) is 11.1. The first-order valence-corrected chi connectivity index (χ1v) is 7.83. The second-order valence-corrected chi connectivity index (χ2v) is 6.23. The van der Waals surface area contributed by atoms with Gasteiger partial charge in [-0.1, -0.05) is 24.4 Å². The summed E-state index contributed by atoms with van der Waals surface area (Å²) in [4.78, 5) is 26.5. The van der Waals surface area contributed by atoms with Crippen LogP contribution < -0.4 is 0 Å². The number of allylic oxidation sites excluding steroid dienone is 1. The minimum absolute atomic E-state index is 0.0513. The summed E-state index contributed by atoms with van der Waals surface area (Å²) >= 11 is 1.35. The normalized spacial score (nSPS) is 24.3. The summed E-state index contributed by atoms with van der Waals surface area (Å²) in [5.41, 5.74) is 0.194. The Labute approximate surface area is 136 Å². The molecule has 0 radical (unpaired) electrons.